The van der Waals surface area contributed by atoms with E-state index in [1.165, 1.54) is 6.42 Å². The van der Waals surface area contributed by atoms with E-state index in [0.29, 0.717) is 19.0 Å². The number of urea groups is 1. The number of hydrogen-bond donors (Lipinski definition) is 2. The number of carboxylic acid groups (broad SMARTS) is 1. The minimum Gasteiger partial charge on any atom is -0.481 e. The smallest absolute Gasteiger partial charge is 0.317 e. The standard InChI is InChI=1S/C15H28N2O3/c1-12(2)6-3-4-8-16-15(20)17-9-5-7-13(11-17)10-14(18)19/h12-13H,3-11H2,1-2H3,(H,16,20)(H,18,19). The fourth-order valence-corrected chi connectivity index (χ4v) is 2.65. The van der Waals surface area contributed by atoms with E-state index in [9.17, 15) is 9.59 Å². The van der Waals surface area contributed by atoms with Gasteiger partial charge in [0.05, 0.1) is 0 Å². The van der Waals surface area contributed by atoms with E-state index in [1.807, 2.05) is 0 Å². The van der Waals surface area contributed by atoms with Crippen LogP contribution in [0.2, 0.25) is 0 Å². The molecule has 1 fully saturated rings. The Morgan fingerprint density at radius 1 is 1.35 bits per heavy atom. The fraction of sp³-hybridized carbons (Fsp3) is 0.867. The Morgan fingerprint density at radius 2 is 2.10 bits per heavy atom. The minimum atomic E-state index is -0.772. The predicted molar refractivity (Wildman–Crippen MR) is 78.6 cm³/mol. The molecule has 2 amide bonds. The number of nitrogens with one attached hydrogen (secondary N) is 1. The number of likely N-dealkylation sites (tertiary alicyclic amines) is 1. The first-order valence-electron chi connectivity index (χ1n) is 7.73. The van der Waals surface area contributed by atoms with Crippen LogP contribution >= 0.6 is 0 Å². The van der Waals surface area contributed by atoms with Crippen LogP contribution in [0, 0.1) is 11.8 Å². The highest BCUT2D eigenvalue weighted by Crippen LogP contribution is 2.19. The molecule has 0 aromatic heterocycles. The molecule has 0 aromatic carbocycles. The van der Waals surface area contributed by atoms with E-state index in [-0.39, 0.29) is 18.4 Å². The Balaban J connectivity index is 2.20. The van der Waals surface area contributed by atoms with Crippen molar-refractivity contribution in [1.82, 2.24) is 10.2 Å². The van der Waals surface area contributed by atoms with Crippen LogP contribution in [0.15, 0.2) is 0 Å². The Morgan fingerprint density at radius 3 is 2.75 bits per heavy atom. The van der Waals surface area contributed by atoms with Gasteiger partial charge in [-0.2, -0.15) is 0 Å². The van der Waals surface area contributed by atoms with Gasteiger partial charge < -0.3 is 15.3 Å². The molecule has 1 saturated heterocycles. The van der Waals surface area contributed by atoms with Crippen molar-refractivity contribution in [3.63, 3.8) is 0 Å². The fourth-order valence-electron chi connectivity index (χ4n) is 2.65. The molecule has 1 heterocycles. The van der Waals surface area contributed by atoms with Gasteiger partial charge in [0, 0.05) is 26.1 Å². The van der Waals surface area contributed by atoms with E-state index >= 15 is 0 Å². The van der Waals surface area contributed by atoms with Crippen LogP contribution in [-0.4, -0.2) is 41.6 Å². The largest absolute Gasteiger partial charge is 0.481 e. The molecular weight excluding hydrogens is 256 g/mol. The van der Waals surface area contributed by atoms with Gasteiger partial charge in [-0.05, 0) is 31.1 Å². The number of aliphatic carboxylic acids is 1. The molecule has 0 bridgehead atoms. The van der Waals surface area contributed by atoms with Crippen LogP contribution in [0.5, 0.6) is 0 Å². The van der Waals surface area contributed by atoms with Gasteiger partial charge in [0.25, 0.3) is 0 Å². The molecule has 1 rings (SSSR count). The van der Waals surface area contributed by atoms with Crippen LogP contribution in [0.4, 0.5) is 4.79 Å². The number of unbranched alkanes of at least 4 members (excludes halogenated alkanes) is 1. The highest BCUT2D eigenvalue weighted by atomic mass is 16.4. The van der Waals surface area contributed by atoms with E-state index in [2.05, 4.69) is 19.2 Å². The van der Waals surface area contributed by atoms with Gasteiger partial charge >= 0.3 is 12.0 Å². The number of hydrogen-bond acceptors (Lipinski definition) is 2. The SMILES string of the molecule is CC(C)CCCCNC(=O)N1CCCC(CC(=O)O)C1. The average Bonchev–Trinajstić information content (AvgIpc) is 2.37. The molecule has 5 heteroatoms. The quantitative estimate of drug-likeness (QED) is 0.706. The minimum absolute atomic E-state index is 0.0374. The number of carbonyl (C=O) groups is 2. The van der Waals surface area contributed by atoms with Crippen LogP contribution in [0.3, 0.4) is 0 Å². The lowest BCUT2D eigenvalue weighted by atomic mass is 9.95. The number of carbonyl (C=O) groups excluding carboxylic acids is 1. The molecule has 1 aliphatic rings. The zero-order valence-corrected chi connectivity index (χ0v) is 12.7. The van der Waals surface area contributed by atoms with Gasteiger partial charge in [0.2, 0.25) is 0 Å². The number of carboxylic acids is 1. The van der Waals surface area contributed by atoms with Crippen molar-refractivity contribution < 1.29 is 14.7 Å². The van der Waals surface area contributed by atoms with Crippen molar-refractivity contribution in [3.8, 4) is 0 Å². The van der Waals surface area contributed by atoms with E-state index < -0.39 is 5.97 Å². The maximum absolute atomic E-state index is 12.0. The third kappa shape index (κ3) is 6.78. The molecule has 1 atom stereocenters. The molecule has 0 saturated carbocycles. The zero-order chi connectivity index (χ0) is 15.0. The van der Waals surface area contributed by atoms with Crippen molar-refractivity contribution in [2.24, 2.45) is 11.8 Å². The summed E-state index contributed by atoms with van der Waals surface area (Å²) in [6, 6.07) is -0.0374. The second kappa shape index (κ2) is 8.82. The van der Waals surface area contributed by atoms with Crippen molar-refractivity contribution >= 4 is 12.0 Å². The molecule has 0 radical (unpaired) electrons. The summed E-state index contributed by atoms with van der Waals surface area (Å²) in [6.45, 7) is 6.44. The molecule has 20 heavy (non-hydrogen) atoms. The summed E-state index contributed by atoms with van der Waals surface area (Å²) in [7, 11) is 0. The number of rotatable bonds is 7. The van der Waals surface area contributed by atoms with Crippen LogP contribution < -0.4 is 5.32 Å². The monoisotopic (exact) mass is 284 g/mol. The maximum atomic E-state index is 12.0. The van der Waals surface area contributed by atoms with Gasteiger partial charge in [-0.15, -0.1) is 0 Å². The molecule has 0 spiro atoms. The van der Waals surface area contributed by atoms with Crippen molar-refractivity contribution in [3.05, 3.63) is 0 Å². The first-order valence-corrected chi connectivity index (χ1v) is 7.73. The lowest BCUT2D eigenvalue weighted by Gasteiger charge is -2.32. The normalized spacial score (nSPS) is 19.1. The average molecular weight is 284 g/mol. The van der Waals surface area contributed by atoms with Gasteiger partial charge in [-0.3, -0.25) is 4.79 Å². The molecule has 0 aliphatic carbocycles. The van der Waals surface area contributed by atoms with Crippen molar-refractivity contribution in [1.29, 1.82) is 0 Å². The molecular formula is C15H28N2O3. The topological polar surface area (TPSA) is 69.6 Å². The van der Waals surface area contributed by atoms with Crippen molar-refractivity contribution in [2.45, 2.75) is 52.4 Å². The number of nitrogens with zero attached hydrogens (tertiary/aromatic N) is 1. The first-order chi connectivity index (χ1) is 9.49. The highest BCUT2D eigenvalue weighted by Gasteiger charge is 2.24. The molecule has 5 nitrogen and oxygen atoms in total. The second-order valence-corrected chi connectivity index (χ2v) is 6.17. The third-order valence-electron chi connectivity index (χ3n) is 3.75. The molecule has 1 unspecified atom stereocenters. The summed E-state index contributed by atoms with van der Waals surface area (Å²) in [6.07, 6.45) is 5.32. The Hall–Kier alpha value is -1.26. The summed E-state index contributed by atoms with van der Waals surface area (Å²) in [5.74, 6) is 0.0449. The van der Waals surface area contributed by atoms with E-state index in [4.69, 9.17) is 5.11 Å². The van der Waals surface area contributed by atoms with Gasteiger partial charge in [-0.1, -0.05) is 26.7 Å². The van der Waals surface area contributed by atoms with Crippen LogP contribution in [-0.2, 0) is 4.79 Å². The Bertz CT molecular complexity index is 318. The molecule has 0 aromatic rings. The first kappa shape index (κ1) is 16.8. The second-order valence-electron chi connectivity index (χ2n) is 6.17. The highest BCUT2D eigenvalue weighted by molar-refractivity contribution is 5.74. The lowest BCUT2D eigenvalue weighted by molar-refractivity contribution is -0.138. The number of piperidine rings is 1. The zero-order valence-electron chi connectivity index (χ0n) is 12.7. The van der Waals surface area contributed by atoms with Gasteiger partial charge in [0.15, 0.2) is 0 Å². The van der Waals surface area contributed by atoms with Crippen molar-refractivity contribution in [2.75, 3.05) is 19.6 Å². The summed E-state index contributed by atoms with van der Waals surface area (Å²) in [5, 5.41) is 11.8. The van der Waals surface area contributed by atoms with E-state index in [1.54, 1.807) is 4.90 Å². The van der Waals surface area contributed by atoms with Gasteiger partial charge in [0.1, 0.15) is 0 Å². The summed E-state index contributed by atoms with van der Waals surface area (Å²) in [5.41, 5.74) is 0. The van der Waals surface area contributed by atoms with Gasteiger partial charge in [-0.25, -0.2) is 4.79 Å². The Kier molecular flexibility index (Phi) is 7.41. The third-order valence-corrected chi connectivity index (χ3v) is 3.75. The van der Waals surface area contributed by atoms with Crippen LogP contribution in [0.1, 0.15) is 52.4 Å². The maximum Gasteiger partial charge on any atom is 0.317 e. The summed E-state index contributed by atoms with van der Waals surface area (Å²) < 4.78 is 0. The predicted octanol–water partition coefficient (Wildman–Crippen LogP) is 2.71. The van der Waals surface area contributed by atoms with Crippen LogP contribution in [0.25, 0.3) is 0 Å². The summed E-state index contributed by atoms with van der Waals surface area (Å²) in [4.78, 5) is 24.5. The van der Waals surface area contributed by atoms with E-state index in [0.717, 1.165) is 32.2 Å². The molecule has 116 valence electrons. The lowest BCUT2D eigenvalue weighted by Crippen LogP contribution is -2.46. The Labute approximate surface area is 121 Å². The number of amides is 2. The molecule has 2 N–H and O–H groups in total. The molecule has 1 aliphatic heterocycles. The summed E-state index contributed by atoms with van der Waals surface area (Å²) >= 11 is 0.